The molecule has 0 amide bonds. The normalized spacial score (nSPS) is 59.8. The Morgan fingerprint density at radius 1 is 1.17 bits per heavy atom. The Balaban J connectivity index is 2.01. The van der Waals surface area contributed by atoms with Crippen LogP contribution in [0.5, 0.6) is 0 Å². The molecule has 0 aromatic heterocycles. The largest absolute Gasteiger partial charge is 0.349 e. The van der Waals surface area contributed by atoms with Gasteiger partial charge in [0.2, 0.25) is 0 Å². The molecule has 5 fully saturated rings. The summed E-state index contributed by atoms with van der Waals surface area (Å²) >= 11 is 0. The Bertz CT molecular complexity index is 220. The molecule has 0 radical (unpaired) electrons. The molecule has 4 heterocycles. The summed E-state index contributed by atoms with van der Waals surface area (Å²) in [6.45, 7) is 6.79. The summed E-state index contributed by atoms with van der Waals surface area (Å²) < 4.78 is 11.5. The average Bonchev–Trinajstić information content (AvgIpc) is 1.78. The van der Waals surface area contributed by atoms with E-state index >= 15 is 0 Å². The fraction of sp³-hybridized carbons (Fsp3) is 1.00. The number of fused-ring (bicyclic) bond motifs is 1. The topological polar surface area (TPSA) is 18.5 Å². The quantitative estimate of drug-likeness (QED) is 0.550. The molecule has 2 heteroatoms. The Kier molecular flexibility index (Phi) is 1.06. The first-order valence-corrected chi connectivity index (χ1v) is 4.85. The van der Waals surface area contributed by atoms with Crippen LogP contribution in [0, 0.1) is 11.3 Å². The van der Waals surface area contributed by atoms with Gasteiger partial charge in [-0.05, 0) is 25.7 Å². The van der Waals surface area contributed by atoms with Gasteiger partial charge in [0.15, 0.2) is 6.29 Å². The van der Waals surface area contributed by atoms with Gasteiger partial charge in [-0.15, -0.1) is 0 Å². The molecule has 0 N–H and O–H groups in total. The fourth-order valence-electron chi connectivity index (χ4n) is 3.72. The van der Waals surface area contributed by atoms with E-state index in [-0.39, 0.29) is 11.9 Å². The highest BCUT2D eigenvalue weighted by Crippen LogP contribution is 2.64. The van der Waals surface area contributed by atoms with Crippen LogP contribution in [0.15, 0.2) is 0 Å². The van der Waals surface area contributed by atoms with Crippen LogP contribution in [0.2, 0.25) is 0 Å². The van der Waals surface area contributed by atoms with E-state index in [1.54, 1.807) is 0 Å². The van der Waals surface area contributed by atoms with E-state index < -0.39 is 0 Å². The Morgan fingerprint density at radius 2 is 1.92 bits per heavy atom. The lowest BCUT2D eigenvalue weighted by Crippen LogP contribution is -2.71. The van der Waals surface area contributed by atoms with E-state index in [4.69, 9.17) is 9.47 Å². The molecule has 0 spiro atoms. The SMILES string of the molecule is CC1(C)O[C@@H]2C[C@]3(C)C[C@H](O2)[C@H]13. The van der Waals surface area contributed by atoms with Crippen molar-refractivity contribution in [2.24, 2.45) is 11.3 Å². The summed E-state index contributed by atoms with van der Waals surface area (Å²) in [5.41, 5.74) is 0.578. The van der Waals surface area contributed by atoms with E-state index in [1.165, 1.54) is 6.42 Å². The predicted octanol–water partition coefficient (Wildman–Crippen LogP) is 1.94. The zero-order valence-electron chi connectivity index (χ0n) is 7.96. The van der Waals surface area contributed by atoms with Gasteiger partial charge in [-0.3, -0.25) is 0 Å². The smallest absolute Gasteiger partial charge is 0.159 e. The van der Waals surface area contributed by atoms with Gasteiger partial charge >= 0.3 is 0 Å². The first kappa shape index (κ1) is 7.34. The van der Waals surface area contributed by atoms with Gasteiger partial charge in [-0.2, -0.15) is 0 Å². The molecule has 4 aliphatic heterocycles. The van der Waals surface area contributed by atoms with Crippen molar-refractivity contribution in [2.75, 3.05) is 0 Å². The van der Waals surface area contributed by atoms with Crippen molar-refractivity contribution in [1.29, 1.82) is 0 Å². The minimum Gasteiger partial charge on any atom is -0.349 e. The van der Waals surface area contributed by atoms with Gasteiger partial charge in [-0.1, -0.05) is 6.92 Å². The molecule has 0 unspecified atom stereocenters. The van der Waals surface area contributed by atoms with Crippen LogP contribution in [0.4, 0.5) is 0 Å². The zero-order valence-corrected chi connectivity index (χ0v) is 7.96. The molecule has 0 aromatic carbocycles. The Labute approximate surface area is 73.2 Å². The van der Waals surface area contributed by atoms with E-state index in [9.17, 15) is 0 Å². The van der Waals surface area contributed by atoms with E-state index in [1.807, 2.05) is 0 Å². The van der Waals surface area contributed by atoms with Crippen molar-refractivity contribution >= 4 is 0 Å². The molecule has 5 rings (SSSR count). The maximum absolute atomic E-state index is 5.82. The molecule has 68 valence electrons. The third kappa shape index (κ3) is 0.647. The van der Waals surface area contributed by atoms with Crippen molar-refractivity contribution < 1.29 is 9.47 Å². The minimum absolute atomic E-state index is 0.0544. The Hall–Kier alpha value is -0.0800. The van der Waals surface area contributed by atoms with Crippen LogP contribution in [0.1, 0.15) is 33.6 Å². The molecular weight excluding hydrogens is 152 g/mol. The molecule has 12 heavy (non-hydrogen) atoms. The second-order valence-electron chi connectivity index (χ2n) is 5.37. The van der Waals surface area contributed by atoms with Crippen LogP contribution >= 0.6 is 0 Å². The van der Waals surface area contributed by atoms with Crippen LogP contribution < -0.4 is 0 Å². The molecule has 1 saturated carbocycles. The zero-order chi connectivity index (χ0) is 8.56. The molecule has 0 aromatic rings. The maximum atomic E-state index is 5.82. The lowest BCUT2D eigenvalue weighted by molar-refractivity contribution is -0.414. The van der Waals surface area contributed by atoms with Gasteiger partial charge < -0.3 is 9.47 Å². The van der Waals surface area contributed by atoms with Crippen molar-refractivity contribution in [3.05, 3.63) is 0 Å². The minimum atomic E-state index is 0.0544. The number of hydrogen-bond acceptors (Lipinski definition) is 2. The number of ether oxygens (including phenoxy) is 2. The highest BCUT2D eigenvalue weighted by molar-refractivity contribution is 5.12. The summed E-state index contributed by atoms with van der Waals surface area (Å²) in [5, 5.41) is 0. The van der Waals surface area contributed by atoms with Crippen LogP contribution in [0.3, 0.4) is 0 Å². The van der Waals surface area contributed by atoms with Gasteiger partial charge in [-0.25, -0.2) is 0 Å². The van der Waals surface area contributed by atoms with Crippen molar-refractivity contribution in [3.8, 4) is 0 Å². The molecule has 2 nitrogen and oxygen atoms in total. The summed E-state index contributed by atoms with van der Waals surface area (Å²) in [7, 11) is 0. The molecular formula is C10H16O2. The third-order valence-electron chi connectivity index (χ3n) is 3.93. The monoisotopic (exact) mass is 168 g/mol. The van der Waals surface area contributed by atoms with E-state index in [0.717, 1.165) is 6.42 Å². The van der Waals surface area contributed by atoms with E-state index in [2.05, 4.69) is 20.8 Å². The van der Waals surface area contributed by atoms with Gasteiger partial charge in [0.05, 0.1) is 11.7 Å². The fourth-order valence-corrected chi connectivity index (χ4v) is 3.72. The second kappa shape index (κ2) is 1.73. The first-order valence-electron chi connectivity index (χ1n) is 4.85. The molecule has 1 aliphatic carbocycles. The maximum Gasteiger partial charge on any atom is 0.159 e. The highest BCUT2D eigenvalue weighted by atomic mass is 16.7. The van der Waals surface area contributed by atoms with Gasteiger partial charge in [0.1, 0.15) is 0 Å². The van der Waals surface area contributed by atoms with Crippen molar-refractivity contribution in [2.45, 2.75) is 51.6 Å². The Morgan fingerprint density at radius 3 is 2.33 bits per heavy atom. The van der Waals surface area contributed by atoms with Crippen molar-refractivity contribution in [1.82, 2.24) is 0 Å². The van der Waals surface area contributed by atoms with Crippen LogP contribution in [0.25, 0.3) is 0 Å². The average molecular weight is 168 g/mol. The molecule has 5 aliphatic rings. The lowest BCUT2D eigenvalue weighted by atomic mass is 9.50. The number of hydrogen-bond donors (Lipinski definition) is 0. The van der Waals surface area contributed by atoms with E-state index in [0.29, 0.717) is 17.4 Å². The molecule has 4 atom stereocenters. The van der Waals surface area contributed by atoms with Crippen molar-refractivity contribution in [3.63, 3.8) is 0 Å². The highest BCUT2D eigenvalue weighted by Gasteiger charge is 2.66. The first-order chi connectivity index (χ1) is 5.51. The summed E-state index contributed by atoms with van der Waals surface area (Å²) in [4.78, 5) is 0. The lowest BCUT2D eigenvalue weighted by Gasteiger charge is -2.68. The third-order valence-corrected chi connectivity index (χ3v) is 3.93. The predicted molar refractivity (Wildman–Crippen MR) is 44.7 cm³/mol. The summed E-state index contributed by atoms with van der Waals surface area (Å²) in [6.07, 6.45) is 2.95. The second-order valence-corrected chi connectivity index (χ2v) is 5.37. The van der Waals surface area contributed by atoms with Crippen LogP contribution in [-0.2, 0) is 9.47 Å². The molecule has 4 bridgehead atoms. The number of rotatable bonds is 0. The summed E-state index contributed by atoms with van der Waals surface area (Å²) in [6, 6.07) is 0. The van der Waals surface area contributed by atoms with Gasteiger partial charge in [0, 0.05) is 12.3 Å². The molecule has 4 saturated heterocycles. The van der Waals surface area contributed by atoms with Gasteiger partial charge in [0.25, 0.3) is 0 Å². The van der Waals surface area contributed by atoms with Crippen LogP contribution in [-0.4, -0.2) is 18.0 Å². The summed E-state index contributed by atoms with van der Waals surface area (Å²) in [5.74, 6) is 0.634. The standard InChI is InChI=1S/C10H16O2/c1-9(2)8-6-4-10(8,3)5-7(11-6)12-9/h6-8H,4-5H2,1-3H3/t6-,7+,8+,10-/m0/s1.